The Labute approximate surface area is 125 Å². The standard InChI is InChI=1S/C15H11Cl2F2N/c16-12-6-10(19)7-13(17)15(12)20-14-4-1-8-5-9(18)2-3-11(8)14/h2-3,5-7,14,20H,1,4H2. The van der Waals surface area contributed by atoms with E-state index in [2.05, 4.69) is 5.32 Å². The van der Waals surface area contributed by atoms with E-state index in [0.29, 0.717) is 5.69 Å². The molecule has 2 aromatic rings. The molecule has 0 saturated heterocycles. The van der Waals surface area contributed by atoms with Crippen LogP contribution in [0, 0.1) is 11.6 Å². The summed E-state index contributed by atoms with van der Waals surface area (Å²) in [5.41, 5.74) is 2.52. The molecule has 5 heteroatoms. The molecule has 20 heavy (non-hydrogen) atoms. The summed E-state index contributed by atoms with van der Waals surface area (Å²) in [6.07, 6.45) is 1.62. The van der Waals surface area contributed by atoms with Crippen molar-refractivity contribution in [1.29, 1.82) is 0 Å². The monoisotopic (exact) mass is 313 g/mol. The van der Waals surface area contributed by atoms with E-state index in [9.17, 15) is 8.78 Å². The molecule has 0 fully saturated rings. The second-order valence-electron chi connectivity index (χ2n) is 4.82. The van der Waals surface area contributed by atoms with Crippen molar-refractivity contribution in [3.63, 3.8) is 0 Å². The van der Waals surface area contributed by atoms with Gasteiger partial charge in [-0.1, -0.05) is 29.3 Å². The molecule has 0 aromatic heterocycles. The molecule has 1 aliphatic rings. The van der Waals surface area contributed by atoms with Crippen molar-refractivity contribution in [1.82, 2.24) is 0 Å². The number of fused-ring (bicyclic) bond motifs is 1. The Morgan fingerprint density at radius 2 is 1.70 bits per heavy atom. The van der Waals surface area contributed by atoms with Crippen LogP contribution >= 0.6 is 23.2 Å². The molecule has 1 unspecified atom stereocenters. The molecule has 0 spiro atoms. The van der Waals surface area contributed by atoms with Crippen molar-refractivity contribution < 1.29 is 8.78 Å². The van der Waals surface area contributed by atoms with Gasteiger partial charge in [0, 0.05) is 0 Å². The van der Waals surface area contributed by atoms with Crippen molar-refractivity contribution >= 4 is 28.9 Å². The molecule has 3 rings (SSSR count). The average molecular weight is 314 g/mol. The van der Waals surface area contributed by atoms with Crippen LogP contribution in [-0.4, -0.2) is 0 Å². The molecule has 1 N–H and O–H groups in total. The normalized spacial score (nSPS) is 17.1. The van der Waals surface area contributed by atoms with Crippen LogP contribution in [0.2, 0.25) is 10.0 Å². The van der Waals surface area contributed by atoms with E-state index < -0.39 is 5.82 Å². The fourth-order valence-electron chi connectivity index (χ4n) is 2.59. The minimum absolute atomic E-state index is 0.00561. The number of hydrogen-bond donors (Lipinski definition) is 1. The third-order valence-corrected chi connectivity index (χ3v) is 4.10. The number of nitrogens with one attached hydrogen (secondary N) is 1. The van der Waals surface area contributed by atoms with Crippen LogP contribution < -0.4 is 5.32 Å². The van der Waals surface area contributed by atoms with Crippen LogP contribution in [0.3, 0.4) is 0 Å². The highest BCUT2D eigenvalue weighted by molar-refractivity contribution is 6.39. The Morgan fingerprint density at radius 1 is 1.00 bits per heavy atom. The van der Waals surface area contributed by atoms with Crippen LogP contribution in [0.25, 0.3) is 0 Å². The lowest BCUT2D eigenvalue weighted by Gasteiger charge is -2.18. The first-order chi connectivity index (χ1) is 9.54. The molecule has 1 aliphatic carbocycles. The summed E-state index contributed by atoms with van der Waals surface area (Å²) < 4.78 is 26.4. The van der Waals surface area contributed by atoms with Crippen molar-refractivity contribution in [2.75, 3.05) is 5.32 Å². The zero-order valence-corrected chi connectivity index (χ0v) is 11.9. The molecule has 1 atom stereocenters. The van der Waals surface area contributed by atoms with E-state index in [1.54, 1.807) is 12.1 Å². The van der Waals surface area contributed by atoms with E-state index in [-0.39, 0.29) is 21.9 Å². The van der Waals surface area contributed by atoms with Crippen molar-refractivity contribution in [2.45, 2.75) is 18.9 Å². The van der Waals surface area contributed by atoms with Crippen molar-refractivity contribution in [2.24, 2.45) is 0 Å². The predicted molar refractivity (Wildman–Crippen MR) is 77.5 cm³/mol. The third kappa shape index (κ3) is 2.48. The van der Waals surface area contributed by atoms with Gasteiger partial charge in [0.2, 0.25) is 0 Å². The molecule has 0 bridgehead atoms. The summed E-state index contributed by atoms with van der Waals surface area (Å²) in [6.45, 7) is 0. The fraction of sp³-hybridized carbons (Fsp3) is 0.200. The topological polar surface area (TPSA) is 12.0 Å². The molecule has 1 nitrogen and oxygen atoms in total. The summed E-state index contributed by atoms with van der Waals surface area (Å²) in [7, 11) is 0. The molecular weight excluding hydrogens is 303 g/mol. The zero-order valence-electron chi connectivity index (χ0n) is 10.4. The van der Waals surface area contributed by atoms with Gasteiger partial charge >= 0.3 is 0 Å². The summed E-state index contributed by atoms with van der Waals surface area (Å²) in [4.78, 5) is 0. The highest BCUT2D eigenvalue weighted by atomic mass is 35.5. The minimum atomic E-state index is -0.473. The Kier molecular flexibility index (Phi) is 3.57. The number of hydrogen-bond acceptors (Lipinski definition) is 1. The molecule has 0 saturated carbocycles. The van der Waals surface area contributed by atoms with Gasteiger partial charge in [0.25, 0.3) is 0 Å². The fourth-order valence-corrected chi connectivity index (χ4v) is 3.16. The number of aryl methyl sites for hydroxylation is 1. The predicted octanol–water partition coefficient (Wildman–Crippen LogP) is 5.37. The Bertz CT molecular complexity index is 650. The maximum Gasteiger partial charge on any atom is 0.126 e. The highest BCUT2D eigenvalue weighted by Gasteiger charge is 2.24. The van der Waals surface area contributed by atoms with E-state index in [1.807, 2.05) is 0 Å². The lowest BCUT2D eigenvalue weighted by molar-refractivity contribution is 0.625. The first kappa shape index (κ1) is 13.7. The van der Waals surface area contributed by atoms with Gasteiger partial charge in [-0.15, -0.1) is 0 Å². The molecule has 0 aliphatic heterocycles. The quantitative estimate of drug-likeness (QED) is 0.785. The van der Waals surface area contributed by atoms with E-state index in [0.717, 1.165) is 24.0 Å². The van der Waals surface area contributed by atoms with Gasteiger partial charge in [0.15, 0.2) is 0 Å². The van der Waals surface area contributed by atoms with E-state index in [4.69, 9.17) is 23.2 Å². The number of anilines is 1. The second-order valence-corrected chi connectivity index (χ2v) is 5.64. The minimum Gasteiger partial charge on any atom is -0.376 e. The first-order valence-electron chi connectivity index (χ1n) is 6.24. The average Bonchev–Trinajstić information content (AvgIpc) is 2.76. The summed E-state index contributed by atoms with van der Waals surface area (Å²) in [6, 6.07) is 7.19. The summed E-state index contributed by atoms with van der Waals surface area (Å²) in [5, 5.41) is 3.71. The SMILES string of the molecule is Fc1cc(Cl)c(NC2CCc3cc(F)ccc32)c(Cl)c1. The van der Waals surface area contributed by atoms with Crippen LogP contribution in [0.4, 0.5) is 14.5 Å². The van der Waals surface area contributed by atoms with Gasteiger partial charge in [0.1, 0.15) is 11.6 Å². The Morgan fingerprint density at radius 3 is 2.40 bits per heavy atom. The molecule has 0 heterocycles. The number of rotatable bonds is 2. The van der Waals surface area contributed by atoms with Gasteiger partial charge in [0.05, 0.1) is 21.8 Å². The van der Waals surface area contributed by atoms with Gasteiger partial charge in [-0.25, -0.2) is 8.78 Å². The first-order valence-corrected chi connectivity index (χ1v) is 6.99. The smallest absolute Gasteiger partial charge is 0.126 e. The lowest BCUT2D eigenvalue weighted by atomic mass is 10.1. The third-order valence-electron chi connectivity index (χ3n) is 3.51. The van der Waals surface area contributed by atoms with Gasteiger partial charge < -0.3 is 5.32 Å². The van der Waals surface area contributed by atoms with E-state index >= 15 is 0 Å². The van der Waals surface area contributed by atoms with Crippen molar-refractivity contribution in [3.05, 3.63) is 63.1 Å². The van der Waals surface area contributed by atoms with Crippen LogP contribution in [0.5, 0.6) is 0 Å². The maximum atomic E-state index is 13.2. The Hall–Kier alpha value is -1.32. The molecular formula is C15H11Cl2F2N. The van der Waals surface area contributed by atoms with Crippen LogP contribution in [-0.2, 0) is 6.42 Å². The molecule has 104 valence electrons. The zero-order chi connectivity index (χ0) is 14.3. The highest BCUT2D eigenvalue weighted by Crippen LogP contribution is 2.39. The van der Waals surface area contributed by atoms with Crippen molar-refractivity contribution in [3.8, 4) is 0 Å². The largest absolute Gasteiger partial charge is 0.376 e. The van der Waals surface area contributed by atoms with Crippen LogP contribution in [0.15, 0.2) is 30.3 Å². The summed E-state index contributed by atoms with van der Waals surface area (Å²) >= 11 is 12.0. The van der Waals surface area contributed by atoms with Crippen LogP contribution in [0.1, 0.15) is 23.6 Å². The Balaban J connectivity index is 1.91. The maximum absolute atomic E-state index is 13.2. The number of halogens is 4. The summed E-state index contributed by atoms with van der Waals surface area (Å²) in [5.74, 6) is -0.707. The van der Waals surface area contributed by atoms with Gasteiger partial charge in [-0.3, -0.25) is 0 Å². The second kappa shape index (κ2) is 5.23. The lowest BCUT2D eigenvalue weighted by Crippen LogP contribution is -2.08. The number of benzene rings is 2. The molecule has 0 amide bonds. The van der Waals surface area contributed by atoms with Gasteiger partial charge in [-0.05, 0) is 48.2 Å². The van der Waals surface area contributed by atoms with E-state index in [1.165, 1.54) is 18.2 Å². The van der Waals surface area contributed by atoms with Gasteiger partial charge in [-0.2, -0.15) is 0 Å². The molecule has 2 aromatic carbocycles. The molecule has 0 radical (unpaired) electrons.